The van der Waals surface area contributed by atoms with Gasteiger partial charge in [0.1, 0.15) is 22.5 Å². The molecule has 26 heavy (non-hydrogen) atoms. The maximum atomic E-state index is 14.9. The summed E-state index contributed by atoms with van der Waals surface area (Å²) in [7, 11) is -4.04. The number of benzene rings is 1. The van der Waals surface area contributed by atoms with Crippen LogP contribution in [0.4, 0.5) is 8.78 Å². The Hall–Kier alpha value is -2.65. The van der Waals surface area contributed by atoms with Crippen LogP contribution in [0, 0.1) is 11.6 Å². The molecule has 0 aliphatic heterocycles. The molecule has 3 rings (SSSR count). The van der Waals surface area contributed by atoms with E-state index in [1.165, 1.54) is 24.4 Å². The van der Waals surface area contributed by atoms with Crippen LogP contribution in [0.3, 0.4) is 0 Å². The number of hydrogen-bond donors (Lipinski definition) is 2. The van der Waals surface area contributed by atoms with Gasteiger partial charge < -0.3 is 4.98 Å². The fraction of sp³-hybridized carbons (Fsp3) is 0.176. The third-order valence-corrected chi connectivity index (χ3v) is 5.51. The summed E-state index contributed by atoms with van der Waals surface area (Å²) in [5.74, 6) is -2.31. The Labute approximate surface area is 148 Å². The van der Waals surface area contributed by atoms with Crippen molar-refractivity contribution in [3.8, 4) is 0 Å². The SMILES string of the molecule is CCC(c1cccc(C(=O)c2c[nH]c3ncc(F)cc23)c1F)S(N)(=O)=O. The number of nitrogens with zero attached hydrogens (tertiary/aromatic N) is 1. The molecule has 136 valence electrons. The number of pyridine rings is 1. The van der Waals surface area contributed by atoms with Crippen LogP contribution in [0.25, 0.3) is 11.0 Å². The van der Waals surface area contributed by atoms with Gasteiger partial charge >= 0.3 is 0 Å². The number of nitrogens with one attached hydrogen (secondary N) is 1. The first-order chi connectivity index (χ1) is 12.2. The molecule has 0 radical (unpaired) electrons. The van der Waals surface area contributed by atoms with Gasteiger partial charge in [-0.25, -0.2) is 27.3 Å². The van der Waals surface area contributed by atoms with E-state index in [-0.39, 0.29) is 34.1 Å². The maximum absolute atomic E-state index is 14.9. The van der Waals surface area contributed by atoms with Crippen LogP contribution >= 0.6 is 0 Å². The molecule has 0 fully saturated rings. The van der Waals surface area contributed by atoms with E-state index in [4.69, 9.17) is 5.14 Å². The van der Waals surface area contributed by atoms with Gasteiger partial charge in [-0.05, 0) is 18.6 Å². The first-order valence-electron chi connectivity index (χ1n) is 7.71. The quantitative estimate of drug-likeness (QED) is 0.665. The molecule has 0 saturated heterocycles. The Morgan fingerprint density at radius 1 is 1.31 bits per heavy atom. The number of hydrogen-bond acceptors (Lipinski definition) is 4. The molecular weight excluding hydrogens is 364 g/mol. The number of nitrogens with two attached hydrogens (primary N) is 1. The predicted molar refractivity (Wildman–Crippen MR) is 92.0 cm³/mol. The number of fused-ring (bicyclic) bond motifs is 1. The van der Waals surface area contributed by atoms with E-state index < -0.39 is 32.7 Å². The van der Waals surface area contributed by atoms with Gasteiger partial charge in [0.05, 0.1) is 11.8 Å². The van der Waals surface area contributed by atoms with Gasteiger partial charge in [0.25, 0.3) is 0 Å². The summed E-state index contributed by atoms with van der Waals surface area (Å²) >= 11 is 0. The lowest BCUT2D eigenvalue weighted by Crippen LogP contribution is -2.22. The molecule has 0 spiro atoms. The van der Waals surface area contributed by atoms with E-state index in [1.807, 2.05) is 0 Å². The number of sulfonamides is 1. The van der Waals surface area contributed by atoms with Crippen LogP contribution in [0.5, 0.6) is 0 Å². The summed E-state index contributed by atoms with van der Waals surface area (Å²) in [5, 5.41) is 4.11. The molecule has 1 unspecified atom stereocenters. The molecule has 0 aliphatic carbocycles. The predicted octanol–water partition coefficient (Wildman–Crippen LogP) is 2.81. The van der Waals surface area contributed by atoms with Crippen LogP contribution < -0.4 is 5.14 Å². The largest absolute Gasteiger partial charge is 0.345 e. The molecule has 0 aliphatic rings. The summed E-state index contributed by atoms with van der Waals surface area (Å²) in [4.78, 5) is 19.3. The molecule has 6 nitrogen and oxygen atoms in total. The summed E-state index contributed by atoms with van der Waals surface area (Å²) < 4.78 is 51.8. The number of H-pyrrole nitrogens is 1. The summed E-state index contributed by atoms with van der Waals surface area (Å²) in [6.07, 6.45) is 2.35. The van der Waals surface area contributed by atoms with E-state index in [1.54, 1.807) is 6.92 Å². The number of rotatable bonds is 5. The van der Waals surface area contributed by atoms with Crippen LogP contribution in [0.2, 0.25) is 0 Å². The van der Waals surface area contributed by atoms with Crippen molar-refractivity contribution < 1.29 is 22.0 Å². The summed E-state index contributed by atoms with van der Waals surface area (Å²) in [6, 6.07) is 5.02. The average Bonchev–Trinajstić information content (AvgIpc) is 2.98. The highest BCUT2D eigenvalue weighted by Crippen LogP contribution is 2.29. The molecule has 1 aromatic carbocycles. The molecular formula is C17H15F2N3O3S. The second-order valence-corrected chi connectivity index (χ2v) is 7.52. The van der Waals surface area contributed by atoms with Crippen LogP contribution in [-0.2, 0) is 10.0 Å². The third kappa shape index (κ3) is 3.11. The lowest BCUT2D eigenvalue weighted by atomic mass is 9.98. The Bertz CT molecular complexity index is 1110. The minimum atomic E-state index is -4.04. The highest BCUT2D eigenvalue weighted by molar-refractivity contribution is 7.89. The molecule has 3 N–H and O–H groups in total. The molecule has 9 heteroatoms. The van der Waals surface area contributed by atoms with Crippen LogP contribution in [0.15, 0.2) is 36.7 Å². The van der Waals surface area contributed by atoms with Crippen molar-refractivity contribution >= 4 is 26.8 Å². The average molecular weight is 379 g/mol. The van der Waals surface area contributed by atoms with Gasteiger partial charge in [0, 0.05) is 22.7 Å². The van der Waals surface area contributed by atoms with Gasteiger partial charge in [-0.3, -0.25) is 4.79 Å². The Morgan fingerprint density at radius 3 is 2.69 bits per heavy atom. The van der Waals surface area contributed by atoms with Crippen molar-refractivity contribution in [1.29, 1.82) is 0 Å². The molecule has 0 amide bonds. The Kier molecular flexibility index (Phi) is 4.59. The van der Waals surface area contributed by atoms with E-state index in [2.05, 4.69) is 9.97 Å². The van der Waals surface area contributed by atoms with E-state index in [0.717, 1.165) is 12.3 Å². The van der Waals surface area contributed by atoms with Gasteiger partial charge in [0.2, 0.25) is 10.0 Å². The van der Waals surface area contributed by atoms with E-state index in [0.29, 0.717) is 0 Å². The summed E-state index contributed by atoms with van der Waals surface area (Å²) in [5.41, 5.74) is -0.186. The second kappa shape index (κ2) is 6.58. The number of aromatic amines is 1. The van der Waals surface area contributed by atoms with Crippen LogP contribution in [0.1, 0.15) is 40.1 Å². The lowest BCUT2D eigenvalue weighted by Gasteiger charge is -2.15. The smallest absolute Gasteiger partial charge is 0.216 e. The first kappa shape index (κ1) is 18.2. The molecule has 0 saturated carbocycles. The van der Waals surface area contributed by atoms with E-state index >= 15 is 0 Å². The normalized spacial score (nSPS) is 13.1. The highest BCUT2D eigenvalue weighted by atomic mass is 32.2. The van der Waals surface area contributed by atoms with Crippen molar-refractivity contribution in [2.45, 2.75) is 18.6 Å². The van der Waals surface area contributed by atoms with Gasteiger partial charge in [-0.2, -0.15) is 0 Å². The third-order valence-electron chi connectivity index (χ3n) is 4.13. The zero-order valence-corrected chi connectivity index (χ0v) is 14.5. The van der Waals surface area contributed by atoms with Crippen molar-refractivity contribution in [3.05, 3.63) is 65.0 Å². The number of carbonyl (C=O) groups excluding carboxylic acids is 1. The van der Waals surface area contributed by atoms with Gasteiger partial charge in [0.15, 0.2) is 5.78 Å². The van der Waals surface area contributed by atoms with Crippen molar-refractivity contribution in [1.82, 2.24) is 9.97 Å². The van der Waals surface area contributed by atoms with Gasteiger partial charge in [-0.15, -0.1) is 0 Å². The lowest BCUT2D eigenvalue weighted by molar-refractivity contribution is 0.103. The van der Waals surface area contributed by atoms with Gasteiger partial charge in [-0.1, -0.05) is 19.1 Å². The van der Waals surface area contributed by atoms with E-state index in [9.17, 15) is 22.0 Å². The monoisotopic (exact) mass is 379 g/mol. The first-order valence-corrected chi connectivity index (χ1v) is 9.32. The zero-order valence-electron chi connectivity index (χ0n) is 13.7. The number of primary sulfonamides is 1. The molecule has 3 aromatic rings. The molecule has 0 bridgehead atoms. The minimum Gasteiger partial charge on any atom is -0.345 e. The van der Waals surface area contributed by atoms with Crippen molar-refractivity contribution in [3.63, 3.8) is 0 Å². The molecule has 1 atom stereocenters. The molecule has 2 aromatic heterocycles. The maximum Gasteiger partial charge on any atom is 0.216 e. The van der Waals surface area contributed by atoms with Crippen molar-refractivity contribution in [2.24, 2.45) is 5.14 Å². The topological polar surface area (TPSA) is 106 Å². The van der Waals surface area contributed by atoms with Crippen LogP contribution in [-0.4, -0.2) is 24.2 Å². The highest BCUT2D eigenvalue weighted by Gasteiger charge is 2.28. The number of halogens is 2. The number of ketones is 1. The Morgan fingerprint density at radius 2 is 2.04 bits per heavy atom. The second-order valence-electron chi connectivity index (χ2n) is 5.78. The fourth-order valence-corrected chi connectivity index (χ4v) is 3.91. The summed E-state index contributed by atoms with van der Waals surface area (Å²) in [6.45, 7) is 1.55. The number of carbonyl (C=O) groups is 1. The fourth-order valence-electron chi connectivity index (χ4n) is 2.91. The Balaban J connectivity index is 2.13. The molecule has 2 heterocycles. The van der Waals surface area contributed by atoms with Crippen molar-refractivity contribution in [2.75, 3.05) is 0 Å². The zero-order chi connectivity index (χ0) is 19.1. The number of aromatic nitrogens is 2. The standard InChI is InChI=1S/C17H15F2N3O3S/c1-2-14(26(20,24)25)10-4-3-5-11(15(10)19)16(23)13-8-22-17-12(13)6-9(18)7-21-17/h3-8,14H,2H2,1H3,(H,21,22)(H2,20,24,25). The minimum absolute atomic E-state index is 0.0340.